The van der Waals surface area contributed by atoms with Gasteiger partial charge < -0.3 is 14.4 Å². The molecule has 1 amide bonds. The molecular weight excluding hydrogens is 294 g/mol. The van der Waals surface area contributed by atoms with Crippen LogP contribution in [0.4, 0.5) is 4.79 Å². The fourth-order valence-corrected chi connectivity index (χ4v) is 3.54. The Balaban J connectivity index is 1.45. The summed E-state index contributed by atoms with van der Waals surface area (Å²) < 4.78 is 10.5. The number of rotatable bonds is 4. The van der Waals surface area contributed by atoms with Gasteiger partial charge >= 0.3 is 12.1 Å². The van der Waals surface area contributed by atoms with Crippen LogP contribution in [0.15, 0.2) is 30.3 Å². The lowest BCUT2D eigenvalue weighted by molar-refractivity contribution is -0.145. The van der Waals surface area contributed by atoms with Crippen molar-refractivity contribution >= 4 is 12.1 Å². The van der Waals surface area contributed by atoms with E-state index in [9.17, 15) is 9.59 Å². The number of carbonyl (C=O) groups excluding carboxylic acids is 2. The first kappa shape index (κ1) is 15.8. The second kappa shape index (κ2) is 7.02. The molecule has 0 radical (unpaired) electrons. The Morgan fingerprint density at radius 1 is 1.09 bits per heavy atom. The van der Waals surface area contributed by atoms with E-state index in [1.165, 1.54) is 0 Å². The van der Waals surface area contributed by atoms with Gasteiger partial charge in [0.1, 0.15) is 6.61 Å². The molecule has 3 rings (SSSR count). The first-order valence-corrected chi connectivity index (χ1v) is 8.33. The maximum atomic E-state index is 12.2. The van der Waals surface area contributed by atoms with Gasteiger partial charge in [-0.2, -0.15) is 0 Å². The third kappa shape index (κ3) is 3.66. The van der Waals surface area contributed by atoms with Crippen molar-refractivity contribution in [3.8, 4) is 0 Å². The van der Waals surface area contributed by atoms with Gasteiger partial charge in [0, 0.05) is 13.1 Å². The van der Waals surface area contributed by atoms with Crippen LogP contribution in [-0.4, -0.2) is 36.7 Å². The van der Waals surface area contributed by atoms with Crippen LogP contribution in [0.5, 0.6) is 0 Å². The normalized spacial score (nSPS) is 26.0. The Morgan fingerprint density at radius 2 is 1.74 bits per heavy atom. The molecule has 1 aromatic rings. The van der Waals surface area contributed by atoms with E-state index < -0.39 is 0 Å². The number of benzene rings is 1. The largest absolute Gasteiger partial charge is 0.466 e. The molecular formula is C18H23NO4. The SMILES string of the molecule is CCOC(=O)C1[C@H]2CCN(C(=O)OCc3ccccc3)CC[C@@H]12. The minimum absolute atomic E-state index is 0.0532. The molecule has 23 heavy (non-hydrogen) atoms. The molecule has 3 atom stereocenters. The summed E-state index contributed by atoms with van der Waals surface area (Å²) in [5.41, 5.74) is 0.987. The predicted octanol–water partition coefficient (Wildman–Crippen LogP) is 2.84. The van der Waals surface area contributed by atoms with Crippen LogP contribution in [0.2, 0.25) is 0 Å². The Kier molecular flexibility index (Phi) is 4.84. The first-order chi connectivity index (χ1) is 11.2. The molecule has 1 unspecified atom stereocenters. The molecule has 0 spiro atoms. The van der Waals surface area contributed by atoms with Crippen LogP contribution in [-0.2, 0) is 20.9 Å². The van der Waals surface area contributed by atoms with Crippen molar-refractivity contribution in [3.05, 3.63) is 35.9 Å². The summed E-state index contributed by atoms with van der Waals surface area (Å²) in [4.78, 5) is 25.8. The quantitative estimate of drug-likeness (QED) is 0.801. The van der Waals surface area contributed by atoms with Gasteiger partial charge in [0.15, 0.2) is 0 Å². The van der Waals surface area contributed by atoms with Gasteiger partial charge in [0.25, 0.3) is 0 Å². The van der Waals surface area contributed by atoms with Crippen LogP contribution in [0.3, 0.4) is 0 Å². The van der Waals surface area contributed by atoms with E-state index in [4.69, 9.17) is 9.47 Å². The number of likely N-dealkylation sites (tertiary alicyclic amines) is 1. The summed E-state index contributed by atoms with van der Waals surface area (Å²) in [6.07, 6.45) is 1.45. The molecule has 5 heteroatoms. The lowest BCUT2D eigenvalue weighted by atomic mass is 10.2. The monoisotopic (exact) mass is 317 g/mol. The van der Waals surface area contributed by atoms with Crippen LogP contribution in [0.25, 0.3) is 0 Å². The molecule has 1 saturated heterocycles. The van der Waals surface area contributed by atoms with Gasteiger partial charge in [-0.3, -0.25) is 4.79 Å². The smallest absolute Gasteiger partial charge is 0.410 e. The molecule has 2 fully saturated rings. The van der Waals surface area contributed by atoms with Crippen molar-refractivity contribution in [2.75, 3.05) is 19.7 Å². The predicted molar refractivity (Wildman–Crippen MR) is 84.5 cm³/mol. The third-order valence-electron chi connectivity index (χ3n) is 4.82. The third-order valence-corrected chi connectivity index (χ3v) is 4.82. The molecule has 1 aromatic carbocycles. The first-order valence-electron chi connectivity index (χ1n) is 8.33. The Bertz CT molecular complexity index is 545. The van der Waals surface area contributed by atoms with Crippen molar-refractivity contribution < 1.29 is 19.1 Å². The minimum Gasteiger partial charge on any atom is -0.466 e. The number of hydrogen-bond donors (Lipinski definition) is 0. The highest BCUT2D eigenvalue weighted by atomic mass is 16.6. The Morgan fingerprint density at radius 3 is 2.35 bits per heavy atom. The Labute approximate surface area is 136 Å². The zero-order valence-electron chi connectivity index (χ0n) is 13.4. The number of ether oxygens (including phenoxy) is 2. The number of carbonyl (C=O) groups is 2. The maximum absolute atomic E-state index is 12.2. The van der Waals surface area contributed by atoms with Gasteiger partial charge in [-0.1, -0.05) is 30.3 Å². The van der Waals surface area contributed by atoms with E-state index >= 15 is 0 Å². The molecule has 5 nitrogen and oxygen atoms in total. The van der Waals surface area contributed by atoms with E-state index in [2.05, 4.69) is 0 Å². The van der Waals surface area contributed by atoms with E-state index in [1.807, 2.05) is 37.3 Å². The van der Waals surface area contributed by atoms with Gasteiger partial charge in [0.05, 0.1) is 12.5 Å². The van der Waals surface area contributed by atoms with E-state index in [-0.39, 0.29) is 18.0 Å². The second-order valence-corrected chi connectivity index (χ2v) is 6.21. The average molecular weight is 317 g/mol. The van der Waals surface area contributed by atoms with Crippen molar-refractivity contribution in [2.24, 2.45) is 17.8 Å². The standard InChI is InChI=1S/C18H23NO4/c1-2-22-17(20)16-14-8-10-19(11-9-15(14)16)18(21)23-12-13-6-4-3-5-7-13/h3-7,14-16H,2,8-12H2,1H3/t14-,15+,16?. The molecule has 1 aliphatic heterocycles. The van der Waals surface area contributed by atoms with Crippen molar-refractivity contribution in [1.29, 1.82) is 0 Å². The zero-order chi connectivity index (χ0) is 16.2. The average Bonchev–Trinajstić information content (AvgIpc) is 3.29. The second-order valence-electron chi connectivity index (χ2n) is 6.21. The minimum atomic E-state index is -0.261. The molecule has 1 aliphatic carbocycles. The summed E-state index contributed by atoms with van der Waals surface area (Å²) in [6.45, 7) is 3.89. The fraction of sp³-hybridized carbons (Fsp3) is 0.556. The Hall–Kier alpha value is -2.04. The number of hydrogen-bond acceptors (Lipinski definition) is 4. The lowest BCUT2D eigenvalue weighted by Crippen LogP contribution is -2.33. The number of nitrogens with zero attached hydrogens (tertiary/aromatic N) is 1. The molecule has 124 valence electrons. The zero-order valence-corrected chi connectivity index (χ0v) is 13.4. The fourth-order valence-electron chi connectivity index (χ4n) is 3.54. The summed E-state index contributed by atoms with van der Waals surface area (Å²) >= 11 is 0. The van der Waals surface area contributed by atoms with Gasteiger partial charge in [0.2, 0.25) is 0 Å². The van der Waals surface area contributed by atoms with Crippen molar-refractivity contribution in [3.63, 3.8) is 0 Å². The maximum Gasteiger partial charge on any atom is 0.410 e. The molecule has 2 aliphatic rings. The molecule has 1 heterocycles. The van der Waals surface area contributed by atoms with Crippen LogP contribution < -0.4 is 0 Å². The van der Waals surface area contributed by atoms with E-state index in [0.717, 1.165) is 18.4 Å². The summed E-state index contributed by atoms with van der Waals surface area (Å²) in [5, 5.41) is 0. The lowest BCUT2D eigenvalue weighted by Gasteiger charge is -2.21. The highest BCUT2D eigenvalue weighted by molar-refractivity contribution is 5.76. The van der Waals surface area contributed by atoms with Crippen LogP contribution in [0.1, 0.15) is 25.3 Å². The number of esters is 1. The molecule has 0 bridgehead atoms. The topological polar surface area (TPSA) is 55.8 Å². The highest BCUT2D eigenvalue weighted by Gasteiger charge is 2.55. The van der Waals surface area contributed by atoms with Gasteiger partial charge in [-0.25, -0.2) is 4.79 Å². The van der Waals surface area contributed by atoms with Crippen molar-refractivity contribution in [2.45, 2.75) is 26.4 Å². The van der Waals surface area contributed by atoms with Crippen LogP contribution >= 0.6 is 0 Å². The van der Waals surface area contributed by atoms with E-state index in [1.54, 1.807) is 4.90 Å². The summed E-state index contributed by atoms with van der Waals surface area (Å²) in [6, 6.07) is 9.67. The number of amides is 1. The molecule has 0 N–H and O–H groups in total. The summed E-state index contributed by atoms with van der Waals surface area (Å²) in [5.74, 6) is 0.738. The molecule has 1 saturated carbocycles. The molecule has 0 aromatic heterocycles. The van der Waals surface area contributed by atoms with Crippen LogP contribution in [0, 0.1) is 17.8 Å². The highest BCUT2D eigenvalue weighted by Crippen LogP contribution is 2.52. The van der Waals surface area contributed by atoms with Gasteiger partial charge in [-0.15, -0.1) is 0 Å². The number of fused-ring (bicyclic) bond motifs is 1. The van der Waals surface area contributed by atoms with Gasteiger partial charge in [-0.05, 0) is 37.2 Å². The van der Waals surface area contributed by atoms with Crippen molar-refractivity contribution in [1.82, 2.24) is 4.90 Å². The summed E-state index contributed by atoms with van der Waals surface area (Å²) in [7, 11) is 0. The van der Waals surface area contributed by atoms with E-state index in [0.29, 0.717) is 38.1 Å².